The van der Waals surface area contributed by atoms with Gasteiger partial charge in [-0.1, -0.05) is 78.9 Å². The van der Waals surface area contributed by atoms with Crippen LogP contribution in [0.15, 0.2) is 164 Å². The van der Waals surface area contributed by atoms with Crippen molar-refractivity contribution in [2.75, 3.05) is 4.90 Å². The van der Waals surface area contributed by atoms with E-state index in [2.05, 4.69) is 155 Å². The molecule has 0 aliphatic rings. The molecule has 8 aromatic rings. The second-order valence-corrected chi connectivity index (χ2v) is 11.2. The largest absolute Gasteiger partial charge is 0.310 e. The average molecular weight is 579 g/mol. The van der Waals surface area contributed by atoms with Crippen molar-refractivity contribution in [1.29, 1.82) is 0 Å². The zero-order valence-electron chi connectivity index (χ0n) is 24.9. The summed E-state index contributed by atoms with van der Waals surface area (Å²) in [4.78, 5) is 11.5. The zero-order valence-corrected chi connectivity index (χ0v) is 24.9. The van der Waals surface area contributed by atoms with Crippen LogP contribution in [0.5, 0.6) is 0 Å². The Morgan fingerprint density at radius 3 is 2.09 bits per heavy atom. The van der Waals surface area contributed by atoms with Crippen molar-refractivity contribution < 1.29 is 0 Å². The highest BCUT2D eigenvalue weighted by Gasteiger charge is 2.21. The first-order valence-electron chi connectivity index (χ1n) is 15.2. The molecule has 3 aromatic heterocycles. The van der Waals surface area contributed by atoms with Crippen molar-refractivity contribution in [3.63, 3.8) is 0 Å². The summed E-state index contributed by atoms with van der Waals surface area (Å²) in [6.07, 6.45) is 5.59. The molecule has 0 amide bonds. The van der Waals surface area contributed by atoms with Crippen molar-refractivity contribution in [1.82, 2.24) is 14.5 Å². The molecule has 0 atom stereocenters. The smallest absolute Gasteiger partial charge is 0.0719 e. The first-order chi connectivity index (χ1) is 22.3. The van der Waals surface area contributed by atoms with Gasteiger partial charge in [0.1, 0.15) is 0 Å². The lowest BCUT2D eigenvalue weighted by Crippen LogP contribution is -2.10. The van der Waals surface area contributed by atoms with Gasteiger partial charge >= 0.3 is 0 Å². The molecular weight excluding hydrogens is 548 g/mol. The van der Waals surface area contributed by atoms with Crippen molar-refractivity contribution in [3.05, 3.63) is 170 Å². The third kappa shape index (κ3) is 4.73. The van der Waals surface area contributed by atoms with Crippen molar-refractivity contribution in [2.24, 2.45) is 0 Å². The van der Waals surface area contributed by atoms with Crippen LogP contribution in [0.1, 0.15) is 5.56 Å². The molecule has 0 spiro atoms. The van der Waals surface area contributed by atoms with E-state index in [4.69, 9.17) is 4.98 Å². The minimum absolute atomic E-state index is 0.901. The van der Waals surface area contributed by atoms with E-state index >= 15 is 0 Å². The van der Waals surface area contributed by atoms with E-state index in [-0.39, 0.29) is 0 Å². The summed E-state index contributed by atoms with van der Waals surface area (Å²) >= 11 is 0. The molecule has 214 valence electrons. The summed E-state index contributed by atoms with van der Waals surface area (Å²) in [7, 11) is 0. The molecule has 5 aromatic carbocycles. The summed E-state index contributed by atoms with van der Waals surface area (Å²) in [5.74, 6) is 0. The Hall–Kier alpha value is -6.00. The lowest BCUT2D eigenvalue weighted by atomic mass is 10.00. The van der Waals surface area contributed by atoms with E-state index in [9.17, 15) is 0 Å². The fourth-order valence-corrected chi connectivity index (χ4v) is 6.36. The van der Waals surface area contributed by atoms with Gasteiger partial charge in [0.25, 0.3) is 0 Å². The average Bonchev–Trinajstić information content (AvgIpc) is 3.45. The van der Waals surface area contributed by atoms with Crippen LogP contribution in [-0.4, -0.2) is 14.5 Å². The Morgan fingerprint density at radius 1 is 0.556 bits per heavy atom. The zero-order chi connectivity index (χ0) is 30.2. The van der Waals surface area contributed by atoms with Crippen molar-refractivity contribution in [3.8, 4) is 28.1 Å². The number of benzene rings is 5. The first-order valence-corrected chi connectivity index (χ1v) is 15.2. The van der Waals surface area contributed by atoms with Crippen LogP contribution in [0.25, 0.3) is 49.9 Å². The van der Waals surface area contributed by atoms with Gasteiger partial charge in [0.05, 0.1) is 34.3 Å². The predicted octanol–water partition coefficient (Wildman–Crippen LogP) is 10.7. The number of nitrogens with zero attached hydrogens (tertiary/aromatic N) is 4. The molecule has 0 bridgehead atoms. The maximum Gasteiger partial charge on any atom is 0.0719 e. The van der Waals surface area contributed by atoms with Gasteiger partial charge in [-0.25, -0.2) is 0 Å². The molecule has 0 saturated carbocycles. The number of aryl methyl sites for hydroxylation is 1. The Balaban J connectivity index is 1.31. The van der Waals surface area contributed by atoms with Crippen LogP contribution < -0.4 is 4.90 Å². The van der Waals surface area contributed by atoms with Crippen LogP contribution in [0.4, 0.5) is 17.1 Å². The topological polar surface area (TPSA) is 34.0 Å². The van der Waals surface area contributed by atoms with Crippen LogP contribution in [0.3, 0.4) is 0 Å². The second kappa shape index (κ2) is 11.3. The Labute approximate surface area is 262 Å². The number of para-hydroxylation sites is 2. The Morgan fingerprint density at radius 2 is 1.31 bits per heavy atom. The second-order valence-electron chi connectivity index (χ2n) is 11.2. The molecule has 0 aliphatic heterocycles. The van der Waals surface area contributed by atoms with E-state index in [0.29, 0.717) is 0 Å². The number of pyridine rings is 2. The van der Waals surface area contributed by atoms with Gasteiger partial charge in [-0.15, -0.1) is 0 Å². The maximum absolute atomic E-state index is 4.84. The molecular formula is C41H30N4. The lowest BCUT2D eigenvalue weighted by molar-refractivity contribution is 1.14. The van der Waals surface area contributed by atoms with Crippen LogP contribution in [-0.2, 0) is 0 Å². The molecule has 0 N–H and O–H groups in total. The van der Waals surface area contributed by atoms with Gasteiger partial charge in [0.2, 0.25) is 0 Å². The highest BCUT2D eigenvalue weighted by molar-refractivity contribution is 6.16. The van der Waals surface area contributed by atoms with Gasteiger partial charge in [0, 0.05) is 40.1 Å². The minimum atomic E-state index is 0.901. The highest BCUT2D eigenvalue weighted by Crippen LogP contribution is 2.44. The monoisotopic (exact) mass is 578 g/mol. The van der Waals surface area contributed by atoms with E-state index in [1.807, 2.05) is 24.5 Å². The molecule has 4 heteroatoms. The van der Waals surface area contributed by atoms with Crippen molar-refractivity contribution in [2.45, 2.75) is 6.92 Å². The third-order valence-electron chi connectivity index (χ3n) is 8.48. The van der Waals surface area contributed by atoms with Gasteiger partial charge < -0.3 is 9.47 Å². The number of anilines is 3. The summed E-state index contributed by atoms with van der Waals surface area (Å²) in [5, 5.41) is 2.38. The van der Waals surface area contributed by atoms with E-state index in [1.54, 1.807) is 6.20 Å². The number of aromatic nitrogens is 3. The Kier molecular flexibility index (Phi) is 6.65. The summed E-state index contributed by atoms with van der Waals surface area (Å²) in [6.45, 7) is 2.16. The van der Waals surface area contributed by atoms with E-state index in [1.165, 1.54) is 27.5 Å². The summed E-state index contributed by atoms with van der Waals surface area (Å²) in [6, 6.07) is 51.5. The first kappa shape index (κ1) is 26.6. The lowest BCUT2D eigenvalue weighted by Gasteiger charge is -2.26. The number of fused-ring (bicyclic) bond motifs is 3. The number of rotatable bonds is 6. The highest BCUT2D eigenvalue weighted by atomic mass is 15.1. The van der Waals surface area contributed by atoms with E-state index < -0.39 is 0 Å². The number of hydrogen-bond donors (Lipinski definition) is 0. The van der Waals surface area contributed by atoms with E-state index in [0.717, 1.165) is 45.0 Å². The Bertz CT molecular complexity index is 2250. The molecule has 4 nitrogen and oxygen atoms in total. The number of hydrogen-bond acceptors (Lipinski definition) is 3. The van der Waals surface area contributed by atoms with Crippen LogP contribution in [0.2, 0.25) is 0 Å². The fourth-order valence-electron chi connectivity index (χ4n) is 6.36. The molecule has 8 rings (SSSR count). The molecule has 45 heavy (non-hydrogen) atoms. The molecule has 0 saturated heterocycles. The van der Waals surface area contributed by atoms with Crippen molar-refractivity contribution >= 4 is 38.9 Å². The quantitative estimate of drug-likeness (QED) is 0.197. The third-order valence-corrected chi connectivity index (χ3v) is 8.48. The van der Waals surface area contributed by atoms with Gasteiger partial charge in [-0.2, -0.15) is 0 Å². The van der Waals surface area contributed by atoms with Gasteiger partial charge in [0.15, 0.2) is 0 Å². The molecule has 0 fully saturated rings. The van der Waals surface area contributed by atoms with Gasteiger partial charge in [-0.3, -0.25) is 9.97 Å². The molecule has 0 unspecified atom stereocenters. The fraction of sp³-hybridized carbons (Fsp3) is 0.0244. The maximum atomic E-state index is 4.84. The standard InChI is InChI=1S/C41H30N4/c1-29-11-5-6-15-35(29)30-20-22-33(23-21-30)44(32-13-3-2-4-14-32)39-18-9-19-40-41(39)36-16-7-8-17-38(36)45(40)34-24-25-37(43-28-34)31-12-10-26-42-27-31/h2-28H,1H3. The van der Waals surface area contributed by atoms with Crippen LogP contribution >= 0.6 is 0 Å². The summed E-state index contributed by atoms with van der Waals surface area (Å²) in [5.41, 5.74) is 12.2. The molecule has 0 radical (unpaired) electrons. The molecule has 0 aliphatic carbocycles. The minimum Gasteiger partial charge on any atom is -0.310 e. The predicted molar refractivity (Wildman–Crippen MR) is 187 cm³/mol. The van der Waals surface area contributed by atoms with Crippen LogP contribution in [0, 0.1) is 6.92 Å². The normalized spacial score (nSPS) is 11.2. The summed E-state index contributed by atoms with van der Waals surface area (Å²) < 4.78 is 2.32. The SMILES string of the molecule is Cc1ccccc1-c1ccc(N(c2ccccc2)c2cccc3c2c2ccccc2n3-c2ccc(-c3cccnc3)nc2)cc1. The van der Waals surface area contributed by atoms with Gasteiger partial charge in [-0.05, 0) is 90.3 Å². The molecule has 3 heterocycles.